The number of halogens is 1. The number of piperazine rings is 1. The number of ether oxygens (including phenoxy) is 1. The van der Waals surface area contributed by atoms with Crippen molar-refractivity contribution in [2.75, 3.05) is 40.3 Å². The van der Waals surface area contributed by atoms with Gasteiger partial charge in [0.05, 0.1) is 12.7 Å². The second kappa shape index (κ2) is 5.71. The number of amides is 1. The molecule has 1 aromatic rings. The summed E-state index contributed by atoms with van der Waals surface area (Å²) >= 11 is 3.38. The minimum Gasteiger partial charge on any atom is -0.496 e. The second-order valence-electron chi connectivity index (χ2n) is 4.44. The van der Waals surface area contributed by atoms with E-state index in [0.717, 1.165) is 30.7 Å². The summed E-state index contributed by atoms with van der Waals surface area (Å²) in [5.41, 5.74) is 0.630. The Balaban J connectivity index is 2.18. The van der Waals surface area contributed by atoms with E-state index >= 15 is 0 Å². The number of hydrogen-bond donors (Lipinski definition) is 0. The monoisotopic (exact) mass is 312 g/mol. The van der Waals surface area contributed by atoms with Crippen molar-refractivity contribution in [1.29, 1.82) is 0 Å². The highest BCUT2D eigenvalue weighted by molar-refractivity contribution is 9.10. The molecule has 0 aromatic heterocycles. The van der Waals surface area contributed by atoms with Crippen LogP contribution in [0.4, 0.5) is 0 Å². The maximum absolute atomic E-state index is 12.4. The molecule has 2 rings (SSSR count). The van der Waals surface area contributed by atoms with Crippen molar-refractivity contribution >= 4 is 21.8 Å². The van der Waals surface area contributed by atoms with Crippen LogP contribution in [0.25, 0.3) is 0 Å². The number of carbonyl (C=O) groups is 1. The summed E-state index contributed by atoms with van der Waals surface area (Å²) in [7, 11) is 3.66. The van der Waals surface area contributed by atoms with Gasteiger partial charge in [-0.1, -0.05) is 15.9 Å². The fourth-order valence-electron chi connectivity index (χ4n) is 2.02. The largest absolute Gasteiger partial charge is 0.496 e. The summed E-state index contributed by atoms with van der Waals surface area (Å²) in [4.78, 5) is 16.5. The molecule has 5 heteroatoms. The van der Waals surface area contributed by atoms with Crippen LogP contribution in [0.15, 0.2) is 22.7 Å². The number of rotatable bonds is 2. The van der Waals surface area contributed by atoms with Crippen LogP contribution in [0.5, 0.6) is 5.75 Å². The van der Waals surface area contributed by atoms with Gasteiger partial charge >= 0.3 is 0 Å². The normalized spacial score (nSPS) is 16.7. The summed E-state index contributed by atoms with van der Waals surface area (Å²) in [6.45, 7) is 3.39. The molecule has 1 saturated heterocycles. The Labute approximate surface area is 116 Å². The molecule has 4 nitrogen and oxygen atoms in total. The van der Waals surface area contributed by atoms with Gasteiger partial charge in [0.2, 0.25) is 0 Å². The first-order chi connectivity index (χ1) is 8.61. The number of hydrogen-bond acceptors (Lipinski definition) is 3. The number of methoxy groups -OCH3 is 1. The van der Waals surface area contributed by atoms with E-state index in [1.165, 1.54) is 0 Å². The van der Waals surface area contributed by atoms with Crippen LogP contribution in [0, 0.1) is 0 Å². The SMILES string of the molecule is COc1cc(Br)ccc1C(=O)N1CCN(C)CC1. The highest BCUT2D eigenvalue weighted by Gasteiger charge is 2.22. The molecule has 0 spiro atoms. The Hall–Kier alpha value is -1.07. The van der Waals surface area contributed by atoms with Crippen LogP contribution in [-0.2, 0) is 0 Å². The zero-order valence-corrected chi connectivity index (χ0v) is 12.2. The van der Waals surface area contributed by atoms with E-state index < -0.39 is 0 Å². The fraction of sp³-hybridized carbons (Fsp3) is 0.462. The van der Waals surface area contributed by atoms with Crippen LogP contribution in [0.3, 0.4) is 0 Å². The molecule has 0 bridgehead atoms. The molecule has 1 aliphatic heterocycles. The van der Waals surface area contributed by atoms with E-state index in [-0.39, 0.29) is 5.91 Å². The van der Waals surface area contributed by atoms with Gasteiger partial charge < -0.3 is 14.5 Å². The zero-order valence-electron chi connectivity index (χ0n) is 10.6. The molecule has 1 aromatic carbocycles. The van der Waals surface area contributed by atoms with Crippen LogP contribution in [-0.4, -0.2) is 56.0 Å². The van der Waals surface area contributed by atoms with Gasteiger partial charge in [-0.2, -0.15) is 0 Å². The summed E-state index contributed by atoms with van der Waals surface area (Å²) < 4.78 is 6.18. The second-order valence-corrected chi connectivity index (χ2v) is 5.36. The Kier molecular flexibility index (Phi) is 4.24. The summed E-state index contributed by atoms with van der Waals surface area (Å²) in [5, 5.41) is 0. The molecule has 98 valence electrons. The van der Waals surface area contributed by atoms with Crippen LogP contribution < -0.4 is 4.74 Å². The Morgan fingerprint density at radius 3 is 2.56 bits per heavy atom. The minimum absolute atomic E-state index is 0.0486. The molecule has 0 saturated carbocycles. The maximum atomic E-state index is 12.4. The van der Waals surface area contributed by atoms with Crippen molar-refractivity contribution in [3.05, 3.63) is 28.2 Å². The molecule has 1 fully saturated rings. The lowest BCUT2D eigenvalue weighted by molar-refractivity contribution is 0.0661. The predicted molar refractivity (Wildman–Crippen MR) is 74.1 cm³/mol. The lowest BCUT2D eigenvalue weighted by Gasteiger charge is -2.32. The lowest BCUT2D eigenvalue weighted by atomic mass is 10.1. The number of nitrogens with zero attached hydrogens (tertiary/aromatic N) is 2. The van der Waals surface area contributed by atoms with Crippen LogP contribution in [0.2, 0.25) is 0 Å². The fourth-order valence-corrected chi connectivity index (χ4v) is 2.36. The average molecular weight is 313 g/mol. The topological polar surface area (TPSA) is 32.8 Å². The van der Waals surface area contributed by atoms with Gasteiger partial charge in [0, 0.05) is 30.7 Å². The van der Waals surface area contributed by atoms with Crippen LogP contribution >= 0.6 is 15.9 Å². The number of benzene rings is 1. The molecule has 1 aliphatic rings. The Bertz CT molecular complexity index is 443. The van der Waals surface area contributed by atoms with E-state index in [0.29, 0.717) is 11.3 Å². The third kappa shape index (κ3) is 2.84. The van der Waals surface area contributed by atoms with Crippen molar-refractivity contribution in [3.8, 4) is 5.75 Å². The summed E-state index contributed by atoms with van der Waals surface area (Å²) in [6, 6.07) is 5.50. The van der Waals surface area contributed by atoms with Gasteiger partial charge in [0.15, 0.2) is 0 Å². The Morgan fingerprint density at radius 2 is 1.94 bits per heavy atom. The molecular formula is C13H17BrN2O2. The highest BCUT2D eigenvalue weighted by atomic mass is 79.9. The lowest BCUT2D eigenvalue weighted by Crippen LogP contribution is -2.47. The van der Waals surface area contributed by atoms with Gasteiger partial charge in [-0.25, -0.2) is 0 Å². The average Bonchev–Trinajstić information content (AvgIpc) is 2.38. The van der Waals surface area contributed by atoms with Crippen molar-refractivity contribution in [2.24, 2.45) is 0 Å². The molecule has 1 amide bonds. The molecule has 0 radical (unpaired) electrons. The zero-order chi connectivity index (χ0) is 13.1. The van der Waals surface area contributed by atoms with E-state index in [9.17, 15) is 4.79 Å². The first-order valence-electron chi connectivity index (χ1n) is 5.93. The standard InChI is InChI=1S/C13H17BrN2O2/c1-15-5-7-16(8-6-15)13(17)11-4-3-10(14)9-12(11)18-2/h3-4,9H,5-8H2,1-2H3. The van der Waals surface area contributed by atoms with Crippen molar-refractivity contribution in [2.45, 2.75) is 0 Å². The number of likely N-dealkylation sites (N-methyl/N-ethyl adjacent to an activating group) is 1. The molecule has 18 heavy (non-hydrogen) atoms. The quantitative estimate of drug-likeness (QED) is 0.835. The third-order valence-corrected chi connectivity index (χ3v) is 3.68. The van der Waals surface area contributed by atoms with Gasteiger partial charge in [0.25, 0.3) is 5.91 Å². The van der Waals surface area contributed by atoms with Gasteiger partial charge in [-0.3, -0.25) is 4.79 Å². The molecule has 0 atom stereocenters. The third-order valence-electron chi connectivity index (χ3n) is 3.18. The van der Waals surface area contributed by atoms with Gasteiger partial charge in [-0.15, -0.1) is 0 Å². The van der Waals surface area contributed by atoms with Crippen molar-refractivity contribution < 1.29 is 9.53 Å². The first kappa shape index (κ1) is 13.4. The highest BCUT2D eigenvalue weighted by Crippen LogP contribution is 2.25. The number of carbonyl (C=O) groups excluding carboxylic acids is 1. The maximum Gasteiger partial charge on any atom is 0.257 e. The van der Waals surface area contributed by atoms with Gasteiger partial charge in [-0.05, 0) is 25.2 Å². The smallest absolute Gasteiger partial charge is 0.257 e. The van der Waals surface area contributed by atoms with Gasteiger partial charge in [0.1, 0.15) is 5.75 Å². The first-order valence-corrected chi connectivity index (χ1v) is 6.72. The summed E-state index contributed by atoms with van der Waals surface area (Å²) in [6.07, 6.45) is 0. The molecule has 0 N–H and O–H groups in total. The van der Waals surface area contributed by atoms with E-state index in [1.54, 1.807) is 7.11 Å². The molecule has 0 unspecified atom stereocenters. The van der Waals surface area contributed by atoms with E-state index in [4.69, 9.17) is 4.74 Å². The van der Waals surface area contributed by atoms with E-state index in [2.05, 4.69) is 27.9 Å². The molecule has 0 aliphatic carbocycles. The summed E-state index contributed by atoms with van der Waals surface area (Å²) in [5.74, 6) is 0.667. The minimum atomic E-state index is 0.0486. The van der Waals surface area contributed by atoms with E-state index in [1.807, 2.05) is 23.1 Å². The van der Waals surface area contributed by atoms with Crippen LogP contribution in [0.1, 0.15) is 10.4 Å². The predicted octanol–water partition coefficient (Wildman–Crippen LogP) is 1.85. The molecule has 1 heterocycles. The molecular weight excluding hydrogens is 296 g/mol. The van der Waals surface area contributed by atoms with Crippen molar-refractivity contribution in [3.63, 3.8) is 0 Å². The Morgan fingerprint density at radius 1 is 1.28 bits per heavy atom. The van der Waals surface area contributed by atoms with Crippen molar-refractivity contribution in [1.82, 2.24) is 9.80 Å².